The van der Waals surface area contributed by atoms with Crippen LogP contribution < -0.4 is 14.8 Å². The summed E-state index contributed by atoms with van der Waals surface area (Å²) in [5, 5.41) is 2.98. The third-order valence-corrected chi connectivity index (χ3v) is 5.17. The van der Waals surface area contributed by atoms with Gasteiger partial charge in [-0.3, -0.25) is 9.36 Å². The second kappa shape index (κ2) is 8.14. The Bertz CT molecular complexity index is 1050. The van der Waals surface area contributed by atoms with Crippen LogP contribution in [0.4, 0.5) is 0 Å². The Morgan fingerprint density at radius 2 is 2.03 bits per heavy atom. The van der Waals surface area contributed by atoms with E-state index in [0.29, 0.717) is 25.3 Å². The van der Waals surface area contributed by atoms with Gasteiger partial charge >= 0.3 is 0 Å². The number of nitrogens with one attached hydrogen (secondary N) is 1. The number of hydrogen-bond acceptors (Lipinski definition) is 6. The predicted molar refractivity (Wildman–Crippen MR) is 111 cm³/mol. The fraction of sp³-hybridized carbons (Fsp3) is 0.364. The minimum Gasteiger partial charge on any atom is -0.454 e. The summed E-state index contributed by atoms with van der Waals surface area (Å²) in [6.07, 6.45) is 6.26. The largest absolute Gasteiger partial charge is 0.454 e. The van der Waals surface area contributed by atoms with Gasteiger partial charge in [-0.05, 0) is 37.1 Å². The molecule has 30 heavy (non-hydrogen) atoms. The molecule has 0 radical (unpaired) electrons. The van der Waals surface area contributed by atoms with Gasteiger partial charge in [0.1, 0.15) is 6.33 Å². The first-order valence-electron chi connectivity index (χ1n) is 9.90. The van der Waals surface area contributed by atoms with E-state index >= 15 is 0 Å². The van der Waals surface area contributed by atoms with E-state index in [0.717, 1.165) is 28.5 Å². The molecule has 4 rings (SSSR count). The summed E-state index contributed by atoms with van der Waals surface area (Å²) < 4.78 is 12.5. The Hall–Kier alpha value is -3.42. The highest BCUT2D eigenvalue weighted by molar-refractivity contribution is 5.76. The number of benzene rings is 1. The van der Waals surface area contributed by atoms with Crippen LogP contribution in [0.2, 0.25) is 0 Å². The molecule has 0 unspecified atom stereocenters. The Kier molecular flexibility index (Phi) is 5.39. The molecule has 1 amide bonds. The second-order valence-electron chi connectivity index (χ2n) is 8.01. The van der Waals surface area contributed by atoms with Crippen LogP contribution in [0.25, 0.3) is 5.95 Å². The standard InChI is InChI=1S/C22H25N5O3/c1-15-10-19(26-21(25-15)27-9-8-23-13-27)22(2,3)7-6-20(28)24-12-16-4-5-17-18(11-16)30-14-29-17/h4-5,8-11,13H,6-7,12,14H2,1-3H3,(H,24,28). The first-order chi connectivity index (χ1) is 14.4. The van der Waals surface area contributed by atoms with Gasteiger partial charge in [0, 0.05) is 36.5 Å². The third kappa shape index (κ3) is 4.42. The summed E-state index contributed by atoms with van der Waals surface area (Å²) in [7, 11) is 0. The van der Waals surface area contributed by atoms with E-state index in [1.165, 1.54) is 0 Å². The Balaban J connectivity index is 1.36. The molecule has 0 spiro atoms. The van der Waals surface area contributed by atoms with Crippen molar-refractivity contribution in [3.05, 3.63) is 59.9 Å². The SMILES string of the molecule is Cc1cc(C(C)(C)CCC(=O)NCc2ccc3c(c2)OCO3)nc(-n2ccnc2)n1. The lowest BCUT2D eigenvalue weighted by Crippen LogP contribution is -2.27. The second-order valence-corrected chi connectivity index (χ2v) is 8.01. The van der Waals surface area contributed by atoms with Crippen molar-refractivity contribution in [2.24, 2.45) is 0 Å². The van der Waals surface area contributed by atoms with Gasteiger partial charge in [0.15, 0.2) is 11.5 Å². The fourth-order valence-corrected chi connectivity index (χ4v) is 3.29. The van der Waals surface area contributed by atoms with Crippen molar-refractivity contribution in [1.29, 1.82) is 0 Å². The van der Waals surface area contributed by atoms with Gasteiger partial charge in [0.2, 0.25) is 18.6 Å². The van der Waals surface area contributed by atoms with Crippen molar-refractivity contribution in [3.63, 3.8) is 0 Å². The van der Waals surface area contributed by atoms with Crippen LogP contribution in [-0.4, -0.2) is 32.2 Å². The Morgan fingerprint density at radius 3 is 2.83 bits per heavy atom. The van der Waals surface area contributed by atoms with Gasteiger partial charge in [-0.2, -0.15) is 0 Å². The number of ether oxygens (including phenoxy) is 2. The van der Waals surface area contributed by atoms with Crippen LogP contribution in [0.15, 0.2) is 43.0 Å². The zero-order valence-corrected chi connectivity index (χ0v) is 17.4. The van der Waals surface area contributed by atoms with Crippen LogP contribution in [0.5, 0.6) is 11.5 Å². The summed E-state index contributed by atoms with van der Waals surface area (Å²) in [5.41, 5.74) is 2.48. The first kappa shape index (κ1) is 19.9. The molecular formula is C22H25N5O3. The van der Waals surface area contributed by atoms with Crippen molar-refractivity contribution in [3.8, 4) is 17.4 Å². The van der Waals surface area contributed by atoms with Gasteiger partial charge in [-0.25, -0.2) is 15.0 Å². The molecule has 8 nitrogen and oxygen atoms in total. The molecule has 2 aromatic heterocycles. The summed E-state index contributed by atoms with van der Waals surface area (Å²) in [4.78, 5) is 25.7. The van der Waals surface area contributed by atoms with Gasteiger partial charge < -0.3 is 14.8 Å². The molecule has 0 saturated carbocycles. The van der Waals surface area contributed by atoms with Crippen LogP contribution in [0, 0.1) is 6.92 Å². The van der Waals surface area contributed by atoms with Gasteiger partial charge in [0.05, 0.1) is 5.69 Å². The number of fused-ring (bicyclic) bond motifs is 1. The summed E-state index contributed by atoms with van der Waals surface area (Å²) in [6.45, 7) is 6.83. The van der Waals surface area contributed by atoms with Crippen molar-refractivity contribution in [1.82, 2.24) is 24.8 Å². The molecule has 3 heterocycles. The number of aryl methyl sites for hydroxylation is 1. The number of nitrogens with zero attached hydrogens (tertiary/aromatic N) is 4. The van der Waals surface area contributed by atoms with Crippen molar-refractivity contribution in [2.45, 2.75) is 45.6 Å². The van der Waals surface area contributed by atoms with Gasteiger partial charge in [0.25, 0.3) is 0 Å². The van der Waals surface area contributed by atoms with Crippen LogP contribution in [-0.2, 0) is 16.8 Å². The van der Waals surface area contributed by atoms with Crippen LogP contribution in [0.3, 0.4) is 0 Å². The third-order valence-electron chi connectivity index (χ3n) is 5.17. The quantitative estimate of drug-likeness (QED) is 0.647. The number of rotatable bonds is 7. The number of carbonyl (C=O) groups is 1. The Morgan fingerprint density at radius 1 is 1.20 bits per heavy atom. The van der Waals surface area contributed by atoms with Crippen LogP contribution in [0.1, 0.15) is 43.6 Å². The average Bonchev–Trinajstić information content (AvgIpc) is 3.41. The number of carbonyl (C=O) groups excluding carboxylic acids is 1. The molecule has 0 aliphatic carbocycles. The van der Waals surface area contributed by atoms with Crippen LogP contribution >= 0.6 is 0 Å². The van der Waals surface area contributed by atoms with Crippen molar-refractivity contribution in [2.75, 3.05) is 6.79 Å². The molecule has 156 valence electrons. The first-order valence-corrected chi connectivity index (χ1v) is 9.90. The molecule has 0 saturated heterocycles. The zero-order chi connectivity index (χ0) is 21.1. The lowest BCUT2D eigenvalue weighted by molar-refractivity contribution is -0.121. The van der Waals surface area contributed by atoms with E-state index in [-0.39, 0.29) is 18.1 Å². The topological polar surface area (TPSA) is 91.2 Å². The molecule has 1 N–H and O–H groups in total. The smallest absolute Gasteiger partial charge is 0.235 e. The predicted octanol–water partition coefficient (Wildman–Crippen LogP) is 3.07. The highest BCUT2D eigenvalue weighted by Crippen LogP contribution is 2.32. The molecule has 0 bridgehead atoms. The Labute approximate surface area is 175 Å². The molecule has 1 aliphatic heterocycles. The number of aromatic nitrogens is 4. The lowest BCUT2D eigenvalue weighted by Gasteiger charge is -2.24. The average molecular weight is 407 g/mol. The molecule has 8 heteroatoms. The number of hydrogen-bond donors (Lipinski definition) is 1. The number of imidazole rings is 1. The summed E-state index contributed by atoms with van der Waals surface area (Å²) in [5.74, 6) is 2.04. The van der Waals surface area contributed by atoms with Crippen molar-refractivity contribution >= 4 is 5.91 Å². The normalized spacial score (nSPS) is 12.8. The monoisotopic (exact) mass is 407 g/mol. The van der Waals surface area contributed by atoms with Crippen molar-refractivity contribution < 1.29 is 14.3 Å². The fourth-order valence-electron chi connectivity index (χ4n) is 3.29. The van der Waals surface area contributed by atoms with E-state index in [1.807, 2.05) is 37.4 Å². The molecule has 0 atom stereocenters. The van der Waals surface area contributed by atoms with E-state index < -0.39 is 0 Å². The molecule has 1 aliphatic rings. The van der Waals surface area contributed by atoms with Gasteiger partial charge in [-0.1, -0.05) is 19.9 Å². The van der Waals surface area contributed by atoms with E-state index in [9.17, 15) is 4.79 Å². The highest BCUT2D eigenvalue weighted by atomic mass is 16.7. The minimum atomic E-state index is -0.279. The molecule has 0 fully saturated rings. The lowest BCUT2D eigenvalue weighted by atomic mass is 9.83. The minimum absolute atomic E-state index is 0.00125. The summed E-state index contributed by atoms with van der Waals surface area (Å²) in [6, 6.07) is 7.67. The summed E-state index contributed by atoms with van der Waals surface area (Å²) >= 11 is 0. The van der Waals surface area contributed by atoms with E-state index in [2.05, 4.69) is 29.1 Å². The van der Waals surface area contributed by atoms with Gasteiger partial charge in [-0.15, -0.1) is 0 Å². The molecular weight excluding hydrogens is 382 g/mol. The molecule has 1 aromatic carbocycles. The number of amides is 1. The zero-order valence-electron chi connectivity index (χ0n) is 17.4. The van der Waals surface area contributed by atoms with E-state index in [1.54, 1.807) is 17.1 Å². The maximum atomic E-state index is 12.4. The molecule has 3 aromatic rings. The maximum absolute atomic E-state index is 12.4. The maximum Gasteiger partial charge on any atom is 0.235 e. The highest BCUT2D eigenvalue weighted by Gasteiger charge is 2.25. The van der Waals surface area contributed by atoms with E-state index in [4.69, 9.17) is 14.5 Å².